The van der Waals surface area contributed by atoms with Crippen molar-refractivity contribution in [2.45, 2.75) is 37.8 Å². The number of hydrogen-bond donors (Lipinski definition) is 2. The lowest BCUT2D eigenvalue weighted by Crippen LogP contribution is -2.35. The lowest BCUT2D eigenvalue weighted by Gasteiger charge is -2.32. The van der Waals surface area contributed by atoms with Gasteiger partial charge in [0.1, 0.15) is 0 Å². The van der Waals surface area contributed by atoms with E-state index in [0.29, 0.717) is 6.04 Å². The van der Waals surface area contributed by atoms with Crippen LogP contribution in [0, 0.1) is 0 Å². The summed E-state index contributed by atoms with van der Waals surface area (Å²) in [4.78, 5) is 2.44. The monoisotopic (exact) mass is 371 g/mol. The molecule has 3 heteroatoms. The highest BCUT2D eigenvalue weighted by molar-refractivity contribution is 5.64. The van der Waals surface area contributed by atoms with Crippen LogP contribution in [-0.2, 0) is 6.54 Å². The van der Waals surface area contributed by atoms with Gasteiger partial charge in [-0.2, -0.15) is 0 Å². The Labute approximate surface area is 168 Å². The third-order valence-corrected chi connectivity index (χ3v) is 5.92. The highest BCUT2D eigenvalue weighted by atomic mass is 15.2. The Kier molecular flexibility index (Phi) is 5.25. The Morgan fingerprint density at radius 3 is 2.64 bits per heavy atom. The van der Waals surface area contributed by atoms with Crippen LogP contribution in [-0.4, -0.2) is 17.5 Å². The van der Waals surface area contributed by atoms with Gasteiger partial charge in [0.25, 0.3) is 0 Å². The minimum absolute atomic E-state index is 0.287. The van der Waals surface area contributed by atoms with Crippen LogP contribution in [0.4, 0.5) is 5.69 Å². The van der Waals surface area contributed by atoms with Crippen molar-refractivity contribution >= 4 is 5.69 Å². The highest BCUT2D eigenvalue weighted by Gasteiger charge is 2.31. The van der Waals surface area contributed by atoms with E-state index in [1.54, 1.807) is 0 Å². The summed E-state index contributed by atoms with van der Waals surface area (Å²) >= 11 is 0. The fourth-order valence-corrected chi connectivity index (χ4v) is 4.39. The molecule has 2 aromatic rings. The smallest absolute Gasteiger partial charge is 0.0679 e. The molecule has 2 unspecified atom stereocenters. The molecule has 0 amide bonds. The van der Waals surface area contributed by atoms with Crippen LogP contribution < -0.4 is 10.6 Å². The van der Waals surface area contributed by atoms with E-state index < -0.39 is 0 Å². The number of nitrogens with one attached hydrogen (secondary N) is 2. The van der Waals surface area contributed by atoms with E-state index in [-0.39, 0.29) is 5.92 Å². The van der Waals surface area contributed by atoms with Gasteiger partial charge in [0, 0.05) is 41.8 Å². The second kappa shape index (κ2) is 7.97. The third kappa shape index (κ3) is 3.70. The summed E-state index contributed by atoms with van der Waals surface area (Å²) in [5, 5.41) is 6.97. The minimum atomic E-state index is 0.287. The van der Waals surface area contributed by atoms with Crippen molar-refractivity contribution in [1.29, 1.82) is 0 Å². The van der Waals surface area contributed by atoms with Crippen LogP contribution >= 0.6 is 0 Å². The number of hydrogen-bond acceptors (Lipinski definition) is 3. The Morgan fingerprint density at radius 2 is 1.82 bits per heavy atom. The molecule has 1 saturated heterocycles. The first-order chi connectivity index (χ1) is 13.6. The molecule has 2 N–H and O–H groups in total. The van der Waals surface area contributed by atoms with Crippen LogP contribution in [0.15, 0.2) is 91.4 Å². The number of fused-ring (bicyclic) bond motifs is 1. The lowest BCUT2D eigenvalue weighted by molar-refractivity contribution is 0.329. The van der Waals surface area contributed by atoms with Gasteiger partial charge in [-0.15, -0.1) is 0 Å². The van der Waals surface area contributed by atoms with Gasteiger partial charge in [0.2, 0.25) is 0 Å². The predicted molar refractivity (Wildman–Crippen MR) is 118 cm³/mol. The van der Waals surface area contributed by atoms with Crippen LogP contribution in [0.2, 0.25) is 0 Å². The number of likely N-dealkylation sites (tertiary alicyclic amines) is 1. The summed E-state index contributed by atoms with van der Waals surface area (Å²) in [7, 11) is 0. The molecule has 2 heterocycles. The van der Waals surface area contributed by atoms with Crippen LogP contribution in [0.3, 0.4) is 0 Å². The second-order valence-electron chi connectivity index (χ2n) is 7.78. The maximum Gasteiger partial charge on any atom is 0.0679 e. The molecule has 0 bridgehead atoms. The first-order valence-electron chi connectivity index (χ1n) is 10.1. The van der Waals surface area contributed by atoms with Crippen molar-refractivity contribution in [1.82, 2.24) is 10.2 Å². The summed E-state index contributed by atoms with van der Waals surface area (Å²) in [5.74, 6) is 0.287. The minimum Gasteiger partial charge on any atom is -0.383 e. The Hall–Kier alpha value is -2.94. The number of nitrogens with zero attached hydrogens (tertiary/aromatic N) is 1. The first-order valence-corrected chi connectivity index (χ1v) is 10.1. The summed E-state index contributed by atoms with van der Waals surface area (Å²) in [5.41, 5.74) is 7.11. The lowest BCUT2D eigenvalue weighted by atomic mass is 9.94. The predicted octanol–water partition coefficient (Wildman–Crippen LogP) is 5.38. The van der Waals surface area contributed by atoms with Gasteiger partial charge >= 0.3 is 0 Å². The molecule has 2 aliphatic rings. The number of allylic oxidation sites excluding steroid dienone is 2. The fraction of sp³-hybridized carbons (Fsp3) is 0.280. The zero-order valence-electron chi connectivity index (χ0n) is 16.5. The second-order valence-corrected chi connectivity index (χ2v) is 7.78. The molecule has 4 rings (SSSR count). The topological polar surface area (TPSA) is 27.3 Å². The molecule has 0 radical (unpaired) electrons. The maximum absolute atomic E-state index is 4.45. The first kappa shape index (κ1) is 18.4. The molecular formula is C25H29N3. The summed E-state index contributed by atoms with van der Waals surface area (Å²) in [6.07, 6.45) is 3.20. The van der Waals surface area contributed by atoms with E-state index in [9.17, 15) is 0 Å². The number of anilines is 1. The van der Waals surface area contributed by atoms with Gasteiger partial charge in [-0.3, -0.25) is 0 Å². The van der Waals surface area contributed by atoms with Gasteiger partial charge in [0.05, 0.1) is 6.04 Å². The Bertz CT molecular complexity index is 884. The molecule has 2 aromatic carbocycles. The number of rotatable bonds is 7. The van der Waals surface area contributed by atoms with E-state index in [1.807, 2.05) is 6.07 Å². The van der Waals surface area contributed by atoms with Crippen molar-refractivity contribution in [2.24, 2.45) is 0 Å². The average molecular weight is 372 g/mol. The fourth-order valence-electron chi connectivity index (χ4n) is 4.39. The van der Waals surface area contributed by atoms with E-state index >= 15 is 0 Å². The van der Waals surface area contributed by atoms with Crippen molar-refractivity contribution in [3.05, 3.63) is 103 Å². The Balaban J connectivity index is 1.40. The maximum atomic E-state index is 4.45. The van der Waals surface area contributed by atoms with E-state index in [1.165, 1.54) is 28.9 Å². The number of benzene rings is 2. The van der Waals surface area contributed by atoms with Crippen molar-refractivity contribution in [3.8, 4) is 0 Å². The highest BCUT2D eigenvalue weighted by Crippen LogP contribution is 2.42. The van der Waals surface area contributed by atoms with E-state index in [2.05, 4.69) is 83.8 Å². The normalized spacial score (nSPS) is 20.6. The number of para-hydroxylation sites is 1. The van der Waals surface area contributed by atoms with Crippen molar-refractivity contribution in [3.63, 3.8) is 0 Å². The standard InChI is InChI=1S/C25H29N3/c1-18(16-23-19(2)27-24-13-8-7-12-22(23)24)28-15-9-14-25(28)20(3)26-17-21-10-5-4-6-11-21/h4-8,10-13,23,25-27H,1-3,9,14-17H2. The van der Waals surface area contributed by atoms with Gasteiger partial charge in [-0.1, -0.05) is 68.3 Å². The molecule has 2 aliphatic heterocycles. The van der Waals surface area contributed by atoms with Crippen molar-refractivity contribution in [2.75, 3.05) is 11.9 Å². The van der Waals surface area contributed by atoms with Gasteiger partial charge < -0.3 is 15.5 Å². The Morgan fingerprint density at radius 1 is 1.07 bits per heavy atom. The molecular weight excluding hydrogens is 342 g/mol. The van der Waals surface area contributed by atoms with Crippen LogP contribution in [0.25, 0.3) is 0 Å². The third-order valence-electron chi connectivity index (χ3n) is 5.92. The van der Waals surface area contributed by atoms with E-state index in [0.717, 1.165) is 37.3 Å². The van der Waals surface area contributed by atoms with Crippen molar-refractivity contribution < 1.29 is 0 Å². The summed E-state index contributed by atoms with van der Waals surface area (Å²) in [6.45, 7) is 14.9. The molecule has 0 aromatic heterocycles. The van der Waals surface area contributed by atoms with Gasteiger partial charge in [0.15, 0.2) is 0 Å². The molecule has 1 fully saturated rings. The summed E-state index contributed by atoms with van der Waals surface area (Å²) < 4.78 is 0. The molecule has 0 spiro atoms. The van der Waals surface area contributed by atoms with Crippen LogP contribution in [0.5, 0.6) is 0 Å². The molecule has 2 atom stereocenters. The van der Waals surface area contributed by atoms with Crippen LogP contribution in [0.1, 0.15) is 36.3 Å². The molecule has 28 heavy (non-hydrogen) atoms. The van der Waals surface area contributed by atoms with E-state index in [4.69, 9.17) is 0 Å². The molecule has 0 saturated carbocycles. The average Bonchev–Trinajstić information content (AvgIpc) is 3.32. The summed E-state index contributed by atoms with van der Waals surface area (Å²) in [6, 6.07) is 19.3. The molecule has 3 nitrogen and oxygen atoms in total. The molecule has 144 valence electrons. The van der Waals surface area contributed by atoms with Gasteiger partial charge in [-0.25, -0.2) is 0 Å². The zero-order valence-corrected chi connectivity index (χ0v) is 16.5. The molecule has 0 aliphatic carbocycles. The van der Waals surface area contributed by atoms with Gasteiger partial charge in [-0.05, 0) is 36.5 Å². The SMILES string of the molecule is C=C1Nc2ccccc2C1CC(=C)N1CCCC1C(=C)NCc1ccccc1. The quantitative estimate of drug-likeness (QED) is 0.684. The zero-order chi connectivity index (χ0) is 19.5. The largest absolute Gasteiger partial charge is 0.383 e.